The van der Waals surface area contributed by atoms with Crippen molar-refractivity contribution in [2.24, 2.45) is 0 Å². The molecule has 0 unspecified atom stereocenters. The fraction of sp³-hybridized carbons (Fsp3) is 0. The number of nitrogens with zero attached hydrogens (tertiary/aromatic N) is 4. The van der Waals surface area contributed by atoms with E-state index in [1.165, 1.54) is 48.5 Å². The van der Waals surface area contributed by atoms with Crippen molar-refractivity contribution in [3.63, 3.8) is 0 Å². The molecule has 10 aromatic rings. The van der Waals surface area contributed by atoms with Crippen LogP contribution in [0, 0.1) is 23.3 Å². The molecule has 0 saturated heterocycles. The van der Waals surface area contributed by atoms with Crippen LogP contribution in [0.2, 0.25) is 0 Å². The first-order valence-corrected chi connectivity index (χ1v) is 17.3. The Balaban J connectivity index is 1.32. The second-order valence-corrected chi connectivity index (χ2v) is 13.2. The smallest absolute Gasteiger partial charge is 0.160 e. The zero-order chi connectivity index (χ0) is 36.5. The standard InChI is InChI=1S/C46H26F4N4/c47-30-11-15-42-36(21-30)37-22-31(48)12-16-43(37)53(42)34-19-29(41-26-40(27-7-3-1-4-8-27)51-46(52-41)28-9-5-2-6-10-28)20-35(25-34)54-44-17-13-32(49)23-38(44)39-24-33(50)14-18-45(39)54/h1-26H. The molecule has 3 heterocycles. The lowest BCUT2D eigenvalue weighted by atomic mass is 10.0. The van der Waals surface area contributed by atoms with E-state index >= 15 is 0 Å². The Kier molecular flexibility index (Phi) is 7.20. The zero-order valence-corrected chi connectivity index (χ0v) is 28.3. The molecule has 0 fully saturated rings. The van der Waals surface area contributed by atoms with Gasteiger partial charge in [-0.15, -0.1) is 0 Å². The minimum Gasteiger partial charge on any atom is -0.309 e. The van der Waals surface area contributed by atoms with Crippen LogP contribution >= 0.6 is 0 Å². The Labute approximate surface area is 305 Å². The van der Waals surface area contributed by atoms with Crippen molar-refractivity contribution in [1.29, 1.82) is 0 Å². The zero-order valence-electron chi connectivity index (χ0n) is 28.3. The molecule has 3 aromatic heterocycles. The minimum atomic E-state index is -0.437. The molecular weight excluding hydrogens is 685 g/mol. The van der Waals surface area contributed by atoms with E-state index in [0.29, 0.717) is 66.5 Å². The van der Waals surface area contributed by atoms with Crippen LogP contribution in [-0.4, -0.2) is 19.1 Å². The number of hydrogen-bond acceptors (Lipinski definition) is 2. The van der Waals surface area contributed by atoms with Gasteiger partial charge in [0.2, 0.25) is 0 Å². The van der Waals surface area contributed by atoms with Crippen LogP contribution in [0.4, 0.5) is 17.6 Å². The van der Waals surface area contributed by atoms with Crippen LogP contribution in [-0.2, 0) is 0 Å². The first-order chi connectivity index (χ1) is 26.4. The average molecular weight is 711 g/mol. The normalized spacial score (nSPS) is 11.7. The van der Waals surface area contributed by atoms with E-state index in [1.807, 2.05) is 94.1 Å². The predicted molar refractivity (Wildman–Crippen MR) is 207 cm³/mol. The summed E-state index contributed by atoms with van der Waals surface area (Å²) in [5.74, 6) is -1.22. The van der Waals surface area contributed by atoms with E-state index < -0.39 is 23.3 Å². The summed E-state index contributed by atoms with van der Waals surface area (Å²) in [6.07, 6.45) is 0. The van der Waals surface area contributed by atoms with E-state index in [4.69, 9.17) is 9.97 Å². The summed E-state index contributed by atoms with van der Waals surface area (Å²) >= 11 is 0. The number of hydrogen-bond donors (Lipinski definition) is 0. The van der Waals surface area contributed by atoms with E-state index in [9.17, 15) is 17.6 Å². The highest BCUT2D eigenvalue weighted by molar-refractivity contribution is 6.11. The van der Waals surface area contributed by atoms with Crippen molar-refractivity contribution in [3.05, 3.63) is 181 Å². The number of halogens is 4. The third kappa shape index (κ3) is 5.22. The molecule has 54 heavy (non-hydrogen) atoms. The second-order valence-electron chi connectivity index (χ2n) is 13.2. The summed E-state index contributed by atoms with van der Waals surface area (Å²) in [6, 6.07) is 45.4. The van der Waals surface area contributed by atoms with Gasteiger partial charge in [-0.3, -0.25) is 0 Å². The molecule has 0 amide bonds. The first-order valence-electron chi connectivity index (χ1n) is 17.3. The molecular formula is C46H26F4N4. The van der Waals surface area contributed by atoms with Crippen LogP contribution in [0.15, 0.2) is 158 Å². The highest BCUT2D eigenvalue weighted by Crippen LogP contribution is 2.39. The van der Waals surface area contributed by atoms with Crippen molar-refractivity contribution in [2.45, 2.75) is 0 Å². The molecule has 0 radical (unpaired) electrons. The summed E-state index contributed by atoms with van der Waals surface area (Å²) in [5, 5.41) is 2.22. The molecule has 0 N–H and O–H groups in total. The van der Waals surface area contributed by atoms with Crippen molar-refractivity contribution < 1.29 is 17.6 Å². The Morgan fingerprint density at radius 1 is 0.333 bits per heavy atom. The highest BCUT2D eigenvalue weighted by Gasteiger charge is 2.20. The van der Waals surface area contributed by atoms with Gasteiger partial charge in [-0.25, -0.2) is 27.5 Å². The monoisotopic (exact) mass is 710 g/mol. The van der Waals surface area contributed by atoms with Crippen LogP contribution < -0.4 is 0 Å². The molecule has 0 aliphatic heterocycles. The van der Waals surface area contributed by atoms with Gasteiger partial charge in [0.25, 0.3) is 0 Å². The third-order valence-electron chi connectivity index (χ3n) is 9.92. The molecule has 258 valence electrons. The number of benzene rings is 7. The molecule has 10 rings (SSSR count). The van der Waals surface area contributed by atoms with Gasteiger partial charge in [-0.1, -0.05) is 60.7 Å². The maximum Gasteiger partial charge on any atom is 0.160 e. The van der Waals surface area contributed by atoms with Crippen LogP contribution in [0.3, 0.4) is 0 Å². The van der Waals surface area contributed by atoms with Gasteiger partial charge in [0.15, 0.2) is 5.82 Å². The number of rotatable bonds is 5. The van der Waals surface area contributed by atoms with Crippen molar-refractivity contribution in [3.8, 4) is 45.3 Å². The van der Waals surface area contributed by atoms with Crippen molar-refractivity contribution in [2.75, 3.05) is 0 Å². The molecule has 0 spiro atoms. The summed E-state index contributed by atoms with van der Waals surface area (Å²) in [4.78, 5) is 10.1. The highest BCUT2D eigenvalue weighted by atomic mass is 19.1. The van der Waals surface area contributed by atoms with Gasteiger partial charge < -0.3 is 9.13 Å². The van der Waals surface area contributed by atoms with Gasteiger partial charge >= 0.3 is 0 Å². The van der Waals surface area contributed by atoms with Gasteiger partial charge in [-0.2, -0.15) is 0 Å². The molecule has 0 saturated carbocycles. The third-order valence-corrected chi connectivity index (χ3v) is 9.92. The maximum absolute atomic E-state index is 14.7. The first kappa shape index (κ1) is 31.7. The quantitative estimate of drug-likeness (QED) is 0.167. The fourth-order valence-electron chi connectivity index (χ4n) is 7.56. The molecule has 4 nitrogen and oxygen atoms in total. The van der Waals surface area contributed by atoms with Gasteiger partial charge in [-0.05, 0) is 97.1 Å². The Bertz CT molecular complexity index is 2780. The number of fused-ring (bicyclic) bond motifs is 6. The van der Waals surface area contributed by atoms with E-state index in [1.54, 1.807) is 24.3 Å². The lowest BCUT2D eigenvalue weighted by molar-refractivity contribution is 0.628. The fourth-order valence-corrected chi connectivity index (χ4v) is 7.56. The van der Waals surface area contributed by atoms with E-state index in [-0.39, 0.29) is 0 Å². The summed E-state index contributed by atoms with van der Waals surface area (Å²) in [5.41, 5.74) is 7.86. The topological polar surface area (TPSA) is 35.6 Å². The molecule has 0 aliphatic carbocycles. The summed E-state index contributed by atoms with van der Waals surface area (Å²) < 4.78 is 62.9. The Morgan fingerprint density at radius 2 is 0.704 bits per heavy atom. The molecule has 0 aliphatic rings. The lowest BCUT2D eigenvalue weighted by Crippen LogP contribution is -2.02. The lowest BCUT2D eigenvalue weighted by Gasteiger charge is -2.16. The minimum absolute atomic E-state index is 0.437. The largest absolute Gasteiger partial charge is 0.309 e. The van der Waals surface area contributed by atoms with E-state index in [0.717, 1.165) is 22.4 Å². The summed E-state index contributed by atoms with van der Waals surface area (Å²) in [6.45, 7) is 0. The molecule has 0 bridgehead atoms. The predicted octanol–water partition coefficient (Wildman–Crippen LogP) is 12.2. The Morgan fingerprint density at radius 3 is 1.11 bits per heavy atom. The molecule has 0 atom stereocenters. The maximum atomic E-state index is 14.7. The van der Waals surface area contributed by atoms with Crippen molar-refractivity contribution in [1.82, 2.24) is 19.1 Å². The van der Waals surface area contributed by atoms with E-state index in [2.05, 4.69) is 0 Å². The van der Waals surface area contributed by atoms with Gasteiger partial charge in [0.05, 0.1) is 33.5 Å². The van der Waals surface area contributed by atoms with Crippen LogP contribution in [0.5, 0.6) is 0 Å². The second kappa shape index (κ2) is 12.3. The van der Waals surface area contributed by atoms with Gasteiger partial charge in [0.1, 0.15) is 23.3 Å². The molecule has 7 aromatic carbocycles. The van der Waals surface area contributed by atoms with Crippen LogP contribution in [0.25, 0.3) is 88.9 Å². The summed E-state index contributed by atoms with van der Waals surface area (Å²) in [7, 11) is 0. The van der Waals surface area contributed by atoms with Crippen LogP contribution in [0.1, 0.15) is 0 Å². The molecule has 8 heteroatoms. The SMILES string of the molecule is Fc1ccc2c(c1)c1cc(F)ccc1n2-c1cc(-c2cc(-c3ccccc3)nc(-c3ccccc3)n2)cc(-n2c3ccc(F)cc3c3cc(F)ccc32)c1. The average Bonchev–Trinajstić information content (AvgIpc) is 3.69. The van der Waals surface area contributed by atoms with Crippen molar-refractivity contribution >= 4 is 43.6 Å². The number of aromatic nitrogens is 4. The van der Waals surface area contributed by atoms with Gasteiger partial charge in [0, 0.05) is 49.6 Å². The Hall–Kier alpha value is -7.06.